The third kappa shape index (κ3) is 4.31. The van der Waals surface area contributed by atoms with Crippen LogP contribution >= 0.6 is 0 Å². The SMILES string of the molecule is c1ccc(-n2c3ccccc3c3cc(-n4c5ccccc5c5c6c7ccccc7n(-c7nccc(-c8ccc9oc%10ccccc%10c9c8)n7)c6ccc54)ccc32)cc1. The van der Waals surface area contributed by atoms with Crippen molar-refractivity contribution in [2.75, 3.05) is 0 Å². The van der Waals surface area contributed by atoms with Crippen LogP contribution in [0.1, 0.15) is 0 Å². The van der Waals surface area contributed by atoms with Crippen molar-refractivity contribution in [1.82, 2.24) is 23.7 Å². The molecule has 0 spiro atoms. The van der Waals surface area contributed by atoms with Crippen molar-refractivity contribution < 1.29 is 4.42 Å². The molecule has 13 aromatic rings. The molecule has 6 heteroatoms. The van der Waals surface area contributed by atoms with E-state index in [0.29, 0.717) is 5.95 Å². The van der Waals surface area contributed by atoms with E-state index >= 15 is 0 Å². The summed E-state index contributed by atoms with van der Waals surface area (Å²) in [5, 5.41) is 9.38. The van der Waals surface area contributed by atoms with Crippen LogP contribution in [0.5, 0.6) is 0 Å². The lowest BCUT2D eigenvalue weighted by atomic mass is 10.1. The Kier molecular flexibility index (Phi) is 6.35. The molecule has 0 saturated carbocycles. The maximum absolute atomic E-state index is 6.13. The lowest BCUT2D eigenvalue weighted by Crippen LogP contribution is -2.01. The van der Waals surface area contributed by atoms with Crippen LogP contribution < -0.4 is 0 Å². The molecule has 0 saturated heterocycles. The molecule has 0 aliphatic heterocycles. The third-order valence-electron chi connectivity index (χ3n) is 11.9. The molecule has 0 amide bonds. The largest absolute Gasteiger partial charge is 0.456 e. The highest BCUT2D eigenvalue weighted by atomic mass is 16.3. The van der Waals surface area contributed by atoms with Crippen LogP contribution in [0.3, 0.4) is 0 Å². The molecule has 0 bridgehead atoms. The fourth-order valence-corrected chi connectivity index (χ4v) is 9.47. The Morgan fingerprint density at radius 2 is 0.931 bits per heavy atom. The number of hydrogen-bond donors (Lipinski definition) is 0. The zero-order chi connectivity index (χ0) is 37.9. The summed E-state index contributed by atoms with van der Waals surface area (Å²) in [6, 6.07) is 64.6. The average molecular weight is 742 g/mol. The van der Waals surface area contributed by atoms with E-state index < -0.39 is 0 Å². The summed E-state index contributed by atoms with van der Waals surface area (Å²) in [5.41, 5.74) is 12.7. The lowest BCUT2D eigenvalue weighted by molar-refractivity contribution is 0.669. The highest BCUT2D eigenvalue weighted by Crippen LogP contribution is 2.43. The van der Waals surface area contributed by atoms with Crippen LogP contribution in [0.2, 0.25) is 0 Å². The first-order valence-electron chi connectivity index (χ1n) is 19.6. The fraction of sp³-hybridized carbons (Fsp3) is 0. The maximum atomic E-state index is 6.13. The second kappa shape index (κ2) is 11.8. The first-order chi connectivity index (χ1) is 28.8. The van der Waals surface area contributed by atoms with Crippen molar-refractivity contribution in [2.24, 2.45) is 0 Å². The Labute approximate surface area is 331 Å². The van der Waals surface area contributed by atoms with Crippen molar-refractivity contribution >= 4 is 87.4 Å². The minimum atomic E-state index is 0.629. The van der Waals surface area contributed by atoms with E-state index in [0.717, 1.165) is 72.0 Å². The number of benzene rings is 8. The molecule has 5 aromatic heterocycles. The minimum absolute atomic E-state index is 0.629. The standard InChI is InChI=1S/C52H31N5O/c1-2-12-33(13-3-1)55-42-18-8-4-14-35(42)39-31-34(23-24-45(39)55)56-43-19-9-5-16-37(43)50-46(56)25-26-47-51(50)38-17-6-10-20-44(38)57(47)52-53-29-28-41(54-52)32-22-27-49-40(30-32)36-15-7-11-21-48(36)58-49/h1-31H. The van der Waals surface area contributed by atoms with Crippen LogP contribution in [0.4, 0.5) is 0 Å². The Morgan fingerprint density at radius 1 is 0.362 bits per heavy atom. The molecule has 0 atom stereocenters. The van der Waals surface area contributed by atoms with Gasteiger partial charge in [0.05, 0.1) is 38.8 Å². The van der Waals surface area contributed by atoms with Gasteiger partial charge in [0.15, 0.2) is 0 Å². The van der Waals surface area contributed by atoms with Gasteiger partial charge in [-0.15, -0.1) is 0 Å². The van der Waals surface area contributed by atoms with Crippen molar-refractivity contribution in [3.05, 3.63) is 188 Å². The number of rotatable bonds is 4. The van der Waals surface area contributed by atoms with Gasteiger partial charge in [0, 0.05) is 66.2 Å². The summed E-state index contributed by atoms with van der Waals surface area (Å²) >= 11 is 0. The summed E-state index contributed by atoms with van der Waals surface area (Å²) in [4.78, 5) is 10.2. The van der Waals surface area contributed by atoms with E-state index in [2.05, 4.69) is 165 Å². The maximum Gasteiger partial charge on any atom is 0.235 e. The number of hydrogen-bond acceptors (Lipinski definition) is 3. The van der Waals surface area contributed by atoms with Crippen LogP contribution in [0.25, 0.3) is 116 Å². The molecule has 5 heterocycles. The van der Waals surface area contributed by atoms with Crippen molar-refractivity contribution in [3.8, 4) is 28.6 Å². The quantitative estimate of drug-likeness (QED) is 0.180. The Bertz CT molecular complexity index is 3810. The number of aromatic nitrogens is 5. The topological polar surface area (TPSA) is 53.7 Å². The van der Waals surface area contributed by atoms with E-state index in [4.69, 9.17) is 14.4 Å². The van der Waals surface area contributed by atoms with Gasteiger partial charge in [-0.3, -0.25) is 4.57 Å². The molecule has 0 radical (unpaired) electrons. The van der Waals surface area contributed by atoms with E-state index in [1.165, 1.54) is 38.0 Å². The zero-order valence-electron chi connectivity index (χ0n) is 31.0. The molecule has 58 heavy (non-hydrogen) atoms. The minimum Gasteiger partial charge on any atom is -0.456 e. The molecule has 0 fully saturated rings. The van der Waals surface area contributed by atoms with Gasteiger partial charge in [0.25, 0.3) is 0 Å². The summed E-state index contributed by atoms with van der Waals surface area (Å²) in [5.74, 6) is 0.629. The second-order valence-corrected chi connectivity index (χ2v) is 15.0. The number of furan rings is 1. The van der Waals surface area contributed by atoms with Gasteiger partial charge in [-0.05, 0) is 91.0 Å². The summed E-state index contributed by atoms with van der Waals surface area (Å²) in [7, 11) is 0. The predicted molar refractivity (Wildman–Crippen MR) is 238 cm³/mol. The third-order valence-corrected chi connectivity index (χ3v) is 11.9. The Balaban J connectivity index is 1.04. The smallest absolute Gasteiger partial charge is 0.235 e. The molecule has 0 unspecified atom stereocenters. The summed E-state index contributed by atoms with van der Waals surface area (Å²) in [6.07, 6.45) is 1.87. The normalized spacial score (nSPS) is 12.1. The van der Waals surface area contributed by atoms with E-state index in [1.54, 1.807) is 0 Å². The molecular weight excluding hydrogens is 711 g/mol. The lowest BCUT2D eigenvalue weighted by Gasteiger charge is -2.11. The Hall–Kier alpha value is -7.96. The monoisotopic (exact) mass is 741 g/mol. The molecule has 13 rings (SSSR count). The highest BCUT2D eigenvalue weighted by molar-refractivity contribution is 6.29. The van der Waals surface area contributed by atoms with Crippen molar-refractivity contribution in [2.45, 2.75) is 0 Å². The van der Waals surface area contributed by atoms with Gasteiger partial charge in [-0.25, -0.2) is 9.97 Å². The molecule has 6 nitrogen and oxygen atoms in total. The van der Waals surface area contributed by atoms with E-state index in [1.807, 2.05) is 36.5 Å². The average Bonchev–Trinajstić information content (AvgIpc) is 4.02. The molecule has 270 valence electrons. The Morgan fingerprint density at radius 3 is 1.71 bits per heavy atom. The molecule has 0 aliphatic rings. The number of para-hydroxylation sites is 5. The van der Waals surface area contributed by atoms with Crippen LogP contribution in [0, 0.1) is 0 Å². The number of fused-ring (bicyclic) bond motifs is 13. The van der Waals surface area contributed by atoms with Crippen molar-refractivity contribution in [3.63, 3.8) is 0 Å². The van der Waals surface area contributed by atoms with Gasteiger partial charge in [0.1, 0.15) is 11.2 Å². The first-order valence-corrected chi connectivity index (χ1v) is 19.6. The van der Waals surface area contributed by atoms with Gasteiger partial charge in [0.2, 0.25) is 5.95 Å². The van der Waals surface area contributed by atoms with E-state index in [-0.39, 0.29) is 0 Å². The first kappa shape index (κ1) is 31.3. The van der Waals surface area contributed by atoms with Crippen molar-refractivity contribution in [1.29, 1.82) is 0 Å². The molecule has 8 aromatic carbocycles. The molecular formula is C52H31N5O. The zero-order valence-corrected chi connectivity index (χ0v) is 31.0. The van der Waals surface area contributed by atoms with Crippen LogP contribution in [-0.4, -0.2) is 23.7 Å². The fourth-order valence-electron chi connectivity index (χ4n) is 9.47. The van der Waals surface area contributed by atoms with Gasteiger partial charge < -0.3 is 13.6 Å². The highest BCUT2D eigenvalue weighted by Gasteiger charge is 2.22. The van der Waals surface area contributed by atoms with Gasteiger partial charge in [-0.2, -0.15) is 0 Å². The van der Waals surface area contributed by atoms with Crippen LogP contribution in [0.15, 0.2) is 193 Å². The molecule has 0 N–H and O–H groups in total. The second-order valence-electron chi connectivity index (χ2n) is 15.0. The van der Waals surface area contributed by atoms with E-state index in [9.17, 15) is 0 Å². The summed E-state index contributed by atoms with van der Waals surface area (Å²) < 4.78 is 13.1. The van der Waals surface area contributed by atoms with Gasteiger partial charge in [-0.1, -0.05) is 91.0 Å². The predicted octanol–water partition coefficient (Wildman–Crippen LogP) is 13.3. The number of nitrogens with zero attached hydrogens (tertiary/aromatic N) is 5. The molecule has 0 aliphatic carbocycles. The van der Waals surface area contributed by atoms with Gasteiger partial charge >= 0.3 is 0 Å². The summed E-state index contributed by atoms with van der Waals surface area (Å²) in [6.45, 7) is 0. The van der Waals surface area contributed by atoms with Crippen LogP contribution in [-0.2, 0) is 0 Å².